The largest absolute Gasteiger partial charge is 0.365 e. The van der Waals surface area contributed by atoms with Gasteiger partial charge in [-0.2, -0.15) is 0 Å². The van der Waals surface area contributed by atoms with Crippen molar-refractivity contribution in [3.05, 3.63) is 60.0 Å². The first-order chi connectivity index (χ1) is 16.0. The SMILES string of the molecule is CC(=O)C1=Nc2c(c3ccccnc-3c2N2CCN(C)C(CCc3cccc(F)c3)C2)SS1.Cl.Cl. The smallest absolute Gasteiger partial charge is 0.185 e. The molecule has 5 nitrogen and oxygen atoms in total. The molecule has 10 heteroatoms. The Morgan fingerprint density at radius 2 is 1.97 bits per heavy atom. The number of Topliss-reactive ketones (excluding diaryl/α,β-unsaturated/α-hetero) is 1. The van der Waals surface area contributed by atoms with E-state index in [1.165, 1.54) is 16.9 Å². The van der Waals surface area contributed by atoms with Crippen molar-refractivity contribution in [2.75, 3.05) is 31.6 Å². The van der Waals surface area contributed by atoms with Crippen molar-refractivity contribution in [2.24, 2.45) is 4.99 Å². The molecule has 0 saturated carbocycles. The Balaban J connectivity index is 0.00000171. The minimum atomic E-state index is -0.186. The molecule has 1 saturated heterocycles. The number of halogens is 3. The van der Waals surface area contributed by atoms with E-state index in [0.29, 0.717) is 11.1 Å². The Kier molecular flexibility index (Phi) is 9.46. The summed E-state index contributed by atoms with van der Waals surface area (Å²) < 4.78 is 13.6. The molecule has 0 bridgehead atoms. The number of ketones is 1. The molecule has 35 heavy (non-hydrogen) atoms. The number of carbonyl (C=O) groups excluding carboxylic acids is 1. The Bertz CT molecular complexity index is 1210. The van der Waals surface area contributed by atoms with E-state index < -0.39 is 0 Å². The van der Waals surface area contributed by atoms with Gasteiger partial charge in [0, 0.05) is 44.4 Å². The van der Waals surface area contributed by atoms with Crippen LogP contribution in [0, 0.1) is 5.82 Å². The molecule has 5 rings (SSSR count). The average molecular weight is 554 g/mol. The summed E-state index contributed by atoms with van der Waals surface area (Å²) in [4.78, 5) is 27.5. The zero-order valence-electron chi connectivity index (χ0n) is 19.4. The molecule has 1 fully saturated rings. The number of hydrogen-bond donors (Lipinski definition) is 0. The number of rotatable bonds is 5. The van der Waals surface area contributed by atoms with Gasteiger partial charge in [0.05, 0.1) is 16.3 Å². The summed E-state index contributed by atoms with van der Waals surface area (Å²) in [6.45, 7) is 4.18. The summed E-state index contributed by atoms with van der Waals surface area (Å²) in [6, 6.07) is 13.2. The first-order valence-corrected chi connectivity index (χ1v) is 13.2. The van der Waals surface area contributed by atoms with Crippen LogP contribution in [0.2, 0.25) is 0 Å². The summed E-state index contributed by atoms with van der Waals surface area (Å²) in [5, 5.41) is 0.533. The quantitative estimate of drug-likeness (QED) is 0.346. The molecule has 4 aliphatic rings. The average Bonchev–Trinajstić information content (AvgIpc) is 2.93. The molecule has 186 valence electrons. The van der Waals surface area contributed by atoms with Gasteiger partial charge in [-0.15, -0.1) is 24.8 Å². The number of nitrogens with zero attached hydrogens (tertiary/aromatic N) is 4. The molecule has 3 aliphatic heterocycles. The maximum Gasteiger partial charge on any atom is 0.185 e. The van der Waals surface area contributed by atoms with E-state index in [4.69, 9.17) is 9.98 Å². The van der Waals surface area contributed by atoms with Crippen LogP contribution in [0.25, 0.3) is 11.3 Å². The number of anilines is 1. The normalized spacial score (nSPS) is 17.7. The molecule has 0 spiro atoms. The van der Waals surface area contributed by atoms with Crippen molar-refractivity contribution >= 4 is 68.6 Å². The molecule has 1 aromatic carbocycles. The summed E-state index contributed by atoms with van der Waals surface area (Å²) >= 11 is 0. The lowest BCUT2D eigenvalue weighted by Crippen LogP contribution is -2.51. The van der Waals surface area contributed by atoms with Gasteiger partial charge in [0.2, 0.25) is 0 Å². The van der Waals surface area contributed by atoms with Gasteiger partial charge in [-0.05, 0) is 65.2 Å². The van der Waals surface area contributed by atoms with E-state index in [0.717, 1.165) is 65.6 Å². The molecule has 1 aliphatic carbocycles. The minimum absolute atomic E-state index is 0. The predicted molar refractivity (Wildman–Crippen MR) is 150 cm³/mol. The van der Waals surface area contributed by atoms with Crippen LogP contribution in [0.15, 0.2) is 58.5 Å². The van der Waals surface area contributed by atoms with Crippen molar-refractivity contribution in [2.45, 2.75) is 30.7 Å². The second-order valence-corrected chi connectivity index (χ2v) is 10.6. The fraction of sp³-hybridized carbons (Fsp3) is 0.320. The molecule has 0 N–H and O–H groups in total. The Labute approximate surface area is 225 Å². The van der Waals surface area contributed by atoms with Crippen LogP contribution >= 0.6 is 46.4 Å². The second kappa shape index (κ2) is 11.9. The summed E-state index contributed by atoms with van der Waals surface area (Å²) in [6.07, 6.45) is 3.58. The number of benzene rings is 1. The fourth-order valence-electron chi connectivity index (χ4n) is 4.50. The molecular formula is C25H27Cl2FN4OS2. The van der Waals surface area contributed by atoms with E-state index in [9.17, 15) is 9.18 Å². The minimum Gasteiger partial charge on any atom is -0.365 e. The lowest BCUT2D eigenvalue weighted by Gasteiger charge is -2.41. The number of fused-ring (bicyclic) bond motifs is 3. The predicted octanol–water partition coefficient (Wildman–Crippen LogP) is 6.30. The lowest BCUT2D eigenvalue weighted by molar-refractivity contribution is -0.110. The zero-order valence-corrected chi connectivity index (χ0v) is 22.7. The summed E-state index contributed by atoms with van der Waals surface area (Å²) in [5.41, 5.74) is 4.91. The third kappa shape index (κ3) is 5.78. The van der Waals surface area contributed by atoms with Crippen molar-refractivity contribution in [1.82, 2.24) is 9.88 Å². The fourth-order valence-corrected chi connectivity index (χ4v) is 6.84. The summed E-state index contributed by atoms with van der Waals surface area (Å²) in [5.74, 6) is -0.200. The maximum atomic E-state index is 13.6. The Morgan fingerprint density at radius 1 is 1.14 bits per heavy atom. The van der Waals surface area contributed by atoms with Gasteiger partial charge in [-0.1, -0.05) is 24.3 Å². The molecular weight excluding hydrogens is 526 g/mol. The lowest BCUT2D eigenvalue weighted by atomic mass is 10.0. The van der Waals surface area contributed by atoms with Crippen LogP contribution in [0.4, 0.5) is 15.8 Å². The number of likely N-dealkylation sites (N-methyl/N-ethyl adjacent to an activating group) is 1. The second-order valence-electron chi connectivity index (χ2n) is 8.51. The molecule has 1 atom stereocenters. The van der Waals surface area contributed by atoms with Crippen LogP contribution in [-0.2, 0) is 11.2 Å². The maximum absolute atomic E-state index is 13.6. The molecule has 0 aromatic heterocycles. The molecule has 0 amide bonds. The van der Waals surface area contributed by atoms with Crippen molar-refractivity contribution < 1.29 is 9.18 Å². The van der Waals surface area contributed by atoms with Crippen LogP contribution in [-0.4, -0.2) is 53.4 Å². The topological polar surface area (TPSA) is 48.8 Å². The molecule has 1 unspecified atom stereocenters. The van der Waals surface area contributed by atoms with Gasteiger partial charge < -0.3 is 4.90 Å². The van der Waals surface area contributed by atoms with Crippen molar-refractivity contribution in [3.8, 4) is 11.3 Å². The zero-order chi connectivity index (χ0) is 22.9. The van der Waals surface area contributed by atoms with Crippen molar-refractivity contribution in [1.29, 1.82) is 0 Å². The van der Waals surface area contributed by atoms with Gasteiger partial charge in [0.15, 0.2) is 10.8 Å². The Morgan fingerprint density at radius 3 is 2.74 bits per heavy atom. The highest BCUT2D eigenvalue weighted by Gasteiger charge is 2.34. The van der Waals surface area contributed by atoms with Gasteiger partial charge >= 0.3 is 0 Å². The van der Waals surface area contributed by atoms with Gasteiger partial charge in [0.25, 0.3) is 0 Å². The number of piperazine rings is 1. The van der Waals surface area contributed by atoms with E-state index in [2.05, 4.69) is 22.9 Å². The molecule has 0 radical (unpaired) electrons. The third-order valence-corrected chi connectivity index (χ3v) is 8.72. The molecule has 1 aromatic rings. The van der Waals surface area contributed by atoms with Crippen LogP contribution < -0.4 is 4.90 Å². The first kappa shape index (κ1) is 27.7. The van der Waals surface area contributed by atoms with E-state index in [1.54, 1.807) is 29.9 Å². The van der Waals surface area contributed by atoms with E-state index >= 15 is 0 Å². The van der Waals surface area contributed by atoms with E-state index in [1.807, 2.05) is 24.4 Å². The van der Waals surface area contributed by atoms with Crippen LogP contribution in [0.5, 0.6) is 0 Å². The van der Waals surface area contributed by atoms with Crippen molar-refractivity contribution in [3.63, 3.8) is 0 Å². The third-order valence-electron chi connectivity index (χ3n) is 6.29. The first-order valence-electron chi connectivity index (χ1n) is 11.1. The standard InChI is InChI=1S/C25H25FN4OS2.2ClH/c1-16(31)25-28-22-23(21-20(24(22)32-33-25)8-3-4-11-27-21)30-13-12-29(2)19(15-30)10-9-17-6-5-7-18(26)14-17;;/h3-8,11,14,19H,9-10,12-13,15H2,1-2H3;2*1H. The number of hydrogen-bond acceptors (Lipinski definition) is 7. The highest BCUT2D eigenvalue weighted by atomic mass is 35.5. The number of aromatic nitrogens is 1. The molecule has 3 heterocycles. The van der Waals surface area contributed by atoms with Crippen LogP contribution in [0.1, 0.15) is 18.9 Å². The van der Waals surface area contributed by atoms with Gasteiger partial charge in [0.1, 0.15) is 11.5 Å². The van der Waals surface area contributed by atoms with Crippen LogP contribution in [0.3, 0.4) is 0 Å². The highest BCUT2D eigenvalue weighted by molar-refractivity contribution is 8.82. The number of aliphatic imine (C=N–C) groups is 1. The Hall–Kier alpha value is -1.84. The summed E-state index contributed by atoms with van der Waals surface area (Å²) in [7, 11) is 5.18. The highest BCUT2D eigenvalue weighted by Crippen LogP contribution is 2.57. The van der Waals surface area contributed by atoms with Gasteiger partial charge in [-0.25, -0.2) is 9.38 Å². The number of carbonyl (C=O) groups is 1. The number of aryl methyl sites for hydroxylation is 1. The van der Waals surface area contributed by atoms with E-state index in [-0.39, 0.29) is 36.4 Å². The monoisotopic (exact) mass is 552 g/mol. The van der Waals surface area contributed by atoms with Gasteiger partial charge in [-0.3, -0.25) is 14.7 Å².